The van der Waals surface area contributed by atoms with Crippen molar-refractivity contribution in [1.29, 1.82) is 0 Å². The van der Waals surface area contributed by atoms with Crippen LogP contribution < -0.4 is 0 Å². The minimum atomic E-state index is 0.664. The lowest BCUT2D eigenvalue weighted by molar-refractivity contribution is 0.671. The molecule has 0 radical (unpaired) electrons. The first-order valence-electron chi connectivity index (χ1n) is 27.5. The zero-order valence-corrected chi connectivity index (χ0v) is 43.9. The van der Waals surface area contributed by atoms with E-state index in [1.54, 1.807) is 0 Å². The number of hydrogen-bond acceptors (Lipinski definition) is 3. The fourth-order valence-electron chi connectivity index (χ4n) is 12.3. The quantitative estimate of drug-likeness (QED) is 0.145. The normalized spacial score (nSPS) is 11.7. The van der Waals surface area contributed by atoms with Gasteiger partial charge in [0.05, 0.1) is 33.5 Å². The van der Waals surface area contributed by atoms with Crippen molar-refractivity contribution >= 4 is 65.6 Å². The molecule has 16 rings (SSSR count). The number of aromatic nitrogens is 4. The van der Waals surface area contributed by atoms with Crippen LogP contribution in [0.2, 0.25) is 0 Å². The number of hydrogen-bond donors (Lipinski definition) is 0. The van der Waals surface area contributed by atoms with E-state index in [2.05, 4.69) is 264 Å². The zero-order chi connectivity index (χ0) is 53.4. The molecule has 0 aliphatic heterocycles. The van der Waals surface area contributed by atoms with Crippen LogP contribution >= 0.6 is 0 Å². The van der Waals surface area contributed by atoms with Gasteiger partial charge in [0.2, 0.25) is 0 Å². The summed E-state index contributed by atoms with van der Waals surface area (Å²) in [6.07, 6.45) is 0. The van der Waals surface area contributed by atoms with Gasteiger partial charge in [-0.1, -0.05) is 212 Å². The third-order valence-corrected chi connectivity index (χ3v) is 16.1. The number of rotatable bonds is 9. The third kappa shape index (κ3) is 7.85. The Balaban J connectivity index is 0.864. The molecule has 0 atom stereocenters. The Morgan fingerprint density at radius 2 is 0.630 bits per heavy atom. The number of fused-ring (bicyclic) bond motifs is 9. The first-order valence-corrected chi connectivity index (χ1v) is 27.5. The molecule has 0 spiro atoms. The van der Waals surface area contributed by atoms with E-state index in [4.69, 9.17) is 14.4 Å². The van der Waals surface area contributed by atoms with Gasteiger partial charge in [0.1, 0.15) is 11.2 Å². The average molecular weight is 1030 g/mol. The highest BCUT2D eigenvalue weighted by Crippen LogP contribution is 2.44. The molecule has 4 heterocycles. The van der Waals surface area contributed by atoms with Gasteiger partial charge in [-0.3, -0.25) is 0 Å². The fourth-order valence-corrected chi connectivity index (χ4v) is 12.3. The van der Waals surface area contributed by atoms with E-state index >= 15 is 0 Å². The Hall–Kier alpha value is -10.9. The summed E-state index contributed by atoms with van der Waals surface area (Å²) in [4.78, 5) is 10.3. The van der Waals surface area contributed by atoms with Crippen LogP contribution in [-0.2, 0) is 0 Å². The van der Waals surface area contributed by atoms with Crippen molar-refractivity contribution in [2.75, 3.05) is 0 Å². The number of nitrogens with zero attached hydrogens (tertiary/aromatic N) is 4. The van der Waals surface area contributed by atoms with Gasteiger partial charge in [0.25, 0.3) is 0 Å². The molecule has 0 unspecified atom stereocenters. The topological polar surface area (TPSA) is 48.8 Å². The molecule has 378 valence electrons. The Morgan fingerprint density at radius 1 is 0.235 bits per heavy atom. The second-order valence-corrected chi connectivity index (χ2v) is 20.9. The molecule has 0 aliphatic rings. The number of furan rings is 1. The average Bonchev–Trinajstić information content (AvgIpc) is 3.95. The van der Waals surface area contributed by atoms with E-state index in [1.807, 2.05) is 36.4 Å². The standard InChI is InChI=1S/C76H48N4O/c1-5-19-49(20-6-1)53-27-15-29-58(43-53)79-70-36-14-13-31-61(70)65-45-55(37-40-71(65)79)56-38-41-72-66(46-56)67-47-57(39-42-73(67)80(72)59-30-16-28-54(44-59)50-21-7-2-8-22-50)60-32-17-33-62-63-34-18-35-64(75(63)81-74(60)62)69-48-68(51-23-9-3-10-24-51)77-76(78-69)52-25-11-4-12-26-52/h1-48H. The molecule has 0 aliphatic carbocycles. The second-order valence-electron chi connectivity index (χ2n) is 20.9. The van der Waals surface area contributed by atoms with E-state index in [1.165, 1.54) is 49.4 Å². The summed E-state index contributed by atoms with van der Waals surface area (Å²) in [5, 5.41) is 6.84. The number of para-hydroxylation sites is 3. The van der Waals surface area contributed by atoms with E-state index in [0.717, 1.165) is 100 Å². The SMILES string of the molecule is c1ccc(-c2cccc(-n3c4ccccc4c4cc(-c5ccc6c(c5)c5cc(-c7cccc8c7oc7c(-c9cc(-c%10ccccc%10)nc(-c%10ccccc%10)n9)cccc78)ccc5n6-c5cccc(-c6ccccc6)c5)ccc43)c2)cc1. The maximum atomic E-state index is 7.18. The predicted molar refractivity (Wildman–Crippen MR) is 336 cm³/mol. The molecule has 0 amide bonds. The minimum Gasteiger partial charge on any atom is -0.455 e. The van der Waals surface area contributed by atoms with Gasteiger partial charge in [-0.2, -0.15) is 0 Å². The molecule has 12 aromatic carbocycles. The molecule has 0 saturated carbocycles. The van der Waals surface area contributed by atoms with Crippen molar-refractivity contribution < 1.29 is 4.42 Å². The smallest absolute Gasteiger partial charge is 0.160 e. The molecule has 5 nitrogen and oxygen atoms in total. The third-order valence-electron chi connectivity index (χ3n) is 16.1. The van der Waals surface area contributed by atoms with E-state index in [0.29, 0.717) is 5.82 Å². The maximum Gasteiger partial charge on any atom is 0.160 e. The molecule has 0 fully saturated rings. The van der Waals surface area contributed by atoms with Gasteiger partial charge in [-0.15, -0.1) is 0 Å². The monoisotopic (exact) mass is 1030 g/mol. The first-order chi connectivity index (χ1) is 40.1. The summed E-state index contributed by atoms with van der Waals surface area (Å²) in [6, 6.07) is 104. The summed E-state index contributed by atoms with van der Waals surface area (Å²) in [6.45, 7) is 0. The van der Waals surface area contributed by atoms with Crippen LogP contribution in [0.1, 0.15) is 0 Å². The number of benzene rings is 12. The lowest BCUT2D eigenvalue weighted by Gasteiger charge is -2.11. The molecule has 4 aromatic heterocycles. The molecule has 0 saturated heterocycles. The molecule has 5 heteroatoms. The van der Waals surface area contributed by atoms with Crippen LogP contribution in [0.15, 0.2) is 296 Å². The van der Waals surface area contributed by atoms with E-state index < -0.39 is 0 Å². The van der Waals surface area contributed by atoms with Gasteiger partial charge in [0.15, 0.2) is 5.82 Å². The van der Waals surface area contributed by atoms with Crippen molar-refractivity contribution in [3.63, 3.8) is 0 Å². The van der Waals surface area contributed by atoms with E-state index in [9.17, 15) is 0 Å². The molecule has 0 N–H and O–H groups in total. The van der Waals surface area contributed by atoms with Crippen LogP contribution in [-0.4, -0.2) is 19.1 Å². The van der Waals surface area contributed by atoms with Gasteiger partial charge in [0, 0.05) is 65.9 Å². The van der Waals surface area contributed by atoms with Crippen molar-refractivity contribution in [3.8, 4) is 89.8 Å². The van der Waals surface area contributed by atoms with Crippen LogP contribution in [0.25, 0.3) is 155 Å². The van der Waals surface area contributed by atoms with Crippen molar-refractivity contribution in [3.05, 3.63) is 291 Å². The van der Waals surface area contributed by atoms with Crippen molar-refractivity contribution in [1.82, 2.24) is 19.1 Å². The minimum absolute atomic E-state index is 0.664. The summed E-state index contributed by atoms with van der Waals surface area (Å²) in [7, 11) is 0. The molecule has 81 heavy (non-hydrogen) atoms. The zero-order valence-electron chi connectivity index (χ0n) is 43.9. The lowest BCUT2D eigenvalue weighted by Crippen LogP contribution is -1.96. The molecule has 0 bridgehead atoms. The van der Waals surface area contributed by atoms with Gasteiger partial charge >= 0.3 is 0 Å². The summed E-state index contributed by atoms with van der Waals surface area (Å²) >= 11 is 0. The summed E-state index contributed by atoms with van der Waals surface area (Å²) in [5.74, 6) is 0.664. The predicted octanol–water partition coefficient (Wildman–Crippen LogP) is 20.2. The van der Waals surface area contributed by atoms with Crippen molar-refractivity contribution in [2.24, 2.45) is 0 Å². The van der Waals surface area contributed by atoms with Crippen LogP contribution in [0, 0.1) is 0 Å². The fraction of sp³-hybridized carbons (Fsp3) is 0. The van der Waals surface area contributed by atoms with Gasteiger partial charge in [-0.05, 0) is 118 Å². The van der Waals surface area contributed by atoms with Crippen LogP contribution in [0.4, 0.5) is 0 Å². The highest BCUT2D eigenvalue weighted by molar-refractivity contribution is 6.16. The molecule has 16 aromatic rings. The van der Waals surface area contributed by atoms with Crippen LogP contribution in [0.3, 0.4) is 0 Å². The summed E-state index contributed by atoms with van der Waals surface area (Å²) in [5.41, 5.74) is 22.1. The Bertz CT molecular complexity index is 5040. The highest BCUT2D eigenvalue weighted by Gasteiger charge is 2.22. The maximum absolute atomic E-state index is 7.18. The van der Waals surface area contributed by atoms with E-state index in [-0.39, 0.29) is 0 Å². The second kappa shape index (κ2) is 18.9. The molecular weight excluding hydrogens is 985 g/mol. The summed E-state index contributed by atoms with van der Waals surface area (Å²) < 4.78 is 12.0. The van der Waals surface area contributed by atoms with Crippen molar-refractivity contribution in [2.45, 2.75) is 0 Å². The lowest BCUT2D eigenvalue weighted by atomic mass is 9.98. The first kappa shape index (κ1) is 46.2. The van der Waals surface area contributed by atoms with Gasteiger partial charge < -0.3 is 13.6 Å². The largest absolute Gasteiger partial charge is 0.455 e. The Kier molecular flexibility index (Phi) is 10.8. The van der Waals surface area contributed by atoms with Crippen LogP contribution in [0.5, 0.6) is 0 Å². The molecular formula is C76H48N4O. The Labute approximate surface area is 467 Å². The Morgan fingerprint density at radius 3 is 1.21 bits per heavy atom. The van der Waals surface area contributed by atoms with Gasteiger partial charge in [-0.25, -0.2) is 9.97 Å². The highest BCUT2D eigenvalue weighted by atomic mass is 16.3.